The van der Waals surface area contributed by atoms with Crippen molar-refractivity contribution in [3.8, 4) is 0 Å². The molecule has 0 aromatic rings. The van der Waals surface area contributed by atoms with Crippen molar-refractivity contribution in [3.63, 3.8) is 0 Å². The van der Waals surface area contributed by atoms with Crippen molar-refractivity contribution in [1.82, 2.24) is 0 Å². The molecule has 1 atom stereocenters. The molecule has 0 nitrogen and oxygen atoms in total. The van der Waals surface area contributed by atoms with Crippen LogP contribution in [0.5, 0.6) is 0 Å². The molecule has 0 saturated heterocycles. The molecule has 7 heavy (non-hydrogen) atoms. The van der Waals surface area contributed by atoms with Crippen LogP contribution in [0.4, 0.5) is 0 Å². The van der Waals surface area contributed by atoms with Crippen molar-refractivity contribution in [1.29, 1.82) is 0 Å². The maximum absolute atomic E-state index is 2.17. The fraction of sp³-hybridized carbons (Fsp3) is 1.00. The highest BCUT2D eigenvalue weighted by atomic mass is 35.5. The van der Waals surface area contributed by atoms with Crippen molar-refractivity contribution in [2.75, 3.05) is 0 Å². The molecule has 0 radical (unpaired) electrons. The van der Waals surface area contributed by atoms with Crippen LogP contribution in [0.2, 0.25) is 0 Å². The molecule has 0 amide bonds. The van der Waals surface area contributed by atoms with Gasteiger partial charge in [0.2, 0.25) is 0 Å². The van der Waals surface area contributed by atoms with Gasteiger partial charge >= 0.3 is 0 Å². The van der Waals surface area contributed by atoms with Gasteiger partial charge in [-0.2, -0.15) is 9.90 Å². The summed E-state index contributed by atoms with van der Waals surface area (Å²) >= 11 is 0. The zero-order chi connectivity index (χ0) is 3.58. The molecule has 0 aliphatic heterocycles. The topological polar surface area (TPSA) is 0 Å². The molecule has 0 aromatic heterocycles. The predicted octanol–water partition coefficient (Wildman–Crippen LogP) is 2.56. The Labute approximate surface area is 61.9 Å². The minimum Gasteiger partial charge on any atom is -0.153 e. The van der Waals surface area contributed by atoms with Crippen LogP contribution in [0, 0.1) is 5.92 Å². The molecule has 3 heteroatoms. The Morgan fingerprint density at radius 3 is 0.857 bits per heavy atom. The van der Waals surface area contributed by atoms with E-state index in [4.69, 9.17) is 0 Å². The van der Waals surface area contributed by atoms with Gasteiger partial charge in [-0.1, -0.05) is 20.8 Å². The lowest BCUT2D eigenvalue weighted by atomic mass is 10.3. The van der Waals surface area contributed by atoms with Crippen LogP contribution in [0.1, 0.15) is 20.8 Å². The van der Waals surface area contributed by atoms with Crippen LogP contribution < -0.4 is 0 Å². The number of rotatable bonds is 0. The highest BCUT2D eigenvalue weighted by Crippen LogP contribution is 1.81. The van der Waals surface area contributed by atoms with Crippen LogP contribution in [-0.2, 0) is 0 Å². The van der Waals surface area contributed by atoms with Gasteiger partial charge < -0.3 is 0 Å². The summed E-state index contributed by atoms with van der Waals surface area (Å²) < 4.78 is 0. The summed E-state index contributed by atoms with van der Waals surface area (Å²) in [6.07, 6.45) is 0. The monoisotopic (exact) mass is 164 g/mol. The Bertz CT molecular complexity index is 14.4. The molecule has 0 bridgehead atoms. The maximum atomic E-state index is 2.17. The molecule has 0 aliphatic carbocycles. The van der Waals surface area contributed by atoms with Gasteiger partial charge in [0, 0.05) is 0 Å². The van der Waals surface area contributed by atoms with Gasteiger partial charge in [-0.15, -0.1) is 24.8 Å². The molecule has 0 N–H and O–H groups in total. The summed E-state index contributed by atoms with van der Waals surface area (Å²) in [6, 6.07) is 0. The first-order chi connectivity index (χ1) is 1.73. The fourth-order valence-corrected chi connectivity index (χ4v) is 0. The van der Waals surface area contributed by atoms with Crippen molar-refractivity contribution < 1.29 is 0 Å². The molecular weight excluding hydrogens is 150 g/mol. The van der Waals surface area contributed by atoms with Crippen LogP contribution >= 0.6 is 34.7 Å². The largest absolute Gasteiger partial charge is 0.153 e. The van der Waals surface area contributed by atoms with Crippen molar-refractivity contribution in [2.24, 2.45) is 5.92 Å². The zero-order valence-corrected chi connectivity index (χ0v) is 8.15. The average Bonchev–Trinajstić information content (AvgIpc) is 0.811. The van der Waals surface area contributed by atoms with E-state index in [1.54, 1.807) is 0 Å². The van der Waals surface area contributed by atoms with Crippen LogP contribution in [0.3, 0.4) is 0 Å². The third-order valence-electron chi connectivity index (χ3n) is 0. The minimum absolute atomic E-state index is 0. The van der Waals surface area contributed by atoms with Gasteiger partial charge in [0.1, 0.15) is 0 Å². The normalized spacial score (nSPS) is 5.14. The Kier molecular flexibility index (Phi) is 55.1. The maximum Gasteiger partial charge on any atom is -0.0500 e. The van der Waals surface area contributed by atoms with Crippen LogP contribution in [-0.4, -0.2) is 0 Å². The second-order valence-corrected chi connectivity index (χ2v) is 1.73. The van der Waals surface area contributed by atoms with Crippen molar-refractivity contribution >= 4 is 34.7 Å². The SMILES string of the molecule is CC(C)C.Cl.Cl.P. The molecule has 50 valence electrons. The lowest BCUT2D eigenvalue weighted by Crippen LogP contribution is -1.66. The Morgan fingerprint density at radius 1 is 0.857 bits per heavy atom. The fourth-order valence-electron chi connectivity index (χ4n) is 0. The molecule has 0 rings (SSSR count). The molecular formula is C4H15Cl2P. The van der Waals surface area contributed by atoms with Gasteiger partial charge in [-0.05, 0) is 5.92 Å². The summed E-state index contributed by atoms with van der Waals surface area (Å²) in [6.45, 7) is 6.50. The quantitative estimate of drug-likeness (QED) is 0.484. The van der Waals surface area contributed by atoms with Crippen LogP contribution in [0.15, 0.2) is 0 Å². The third kappa shape index (κ3) is 172. The van der Waals surface area contributed by atoms with Crippen LogP contribution in [0.25, 0.3) is 0 Å². The number of hydrogen-bond acceptors (Lipinski definition) is 0. The Hall–Kier alpha value is 1.01. The first-order valence-corrected chi connectivity index (χ1v) is 1.73. The van der Waals surface area contributed by atoms with Gasteiger partial charge in [0.05, 0.1) is 0 Å². The Balaban J connectivity index is -0.0000000150. The van der Waals surface area contributed by atoms with E-state index >= 15 is 0 Å². The summed E-state index contributed by atoms with van der Waals surface area (Å²) in [5.41, 5.74) is 0. The zero-order valence-electron chi connectivity index (χ0n) is 5.10. The molecule has 0 spiro atoms. The summed E-state index contributed by atoms with van der Waals surface area (Å²) in [7, 11) is 0. The molecule has 0 fully saturated rings. The first kappa shape index (κ1) is 24.5. The third-order valence-corrected chi connectivity index (χ3v) is 0. The Morgan fingerprint density at radius 2 is 0.857 bits per heavy atom. The van der Waals surface area contributed by atoms with Gasteiger partial charge in [-0.25, -0.2) is 0 Å². The average molecular weight is 165 g/mol. The smallest absolute Gasteiger partial charge is 0.0500 e. The highest BCUT2D eigenvalue weighted by Gasteiger charge is 1.68. The van der Waals surface area contributed by atoms with E-state index in [9.17, 15) is 0 Å². The lowest BCUT2D eigenvalue weighted by molar-refractivity contribution is 0.737. The molecule has 0 saturated carbocycles. The molecule has 0 aromatic carbocycles. The van der Waals surface area contributed by atoms with E-state index in [1.807, 2.05) is 0 Å². The predicted molar refractivity (Wildman–Crippen MR) is 46.1 cm³/mol. The van der Waals surface area contributed by atoms with E-state index in [2.05, 4.69) is 20.8 Å². The second-order valence-electron chi connectivity index (χ2n) is 1.73. The van der Waals surface area contributed by atoms with E-state index in [1.165, 1.54) is 0 Å². The first-order valence-electron chi connectivity index (χ1n) is 1.73. The lowest BCUT2D eigenvalue weighted by Gasteiger charge is -1.79. The number of hydrogen-bond donors (Lipinski definition) is 0. The standard InChI is InChI=1S/C4H10.2ClH.H3P/c1-4(2)3;;;/h4H,1-3H3;2*1H;1H3. The van der Waals surface area contributed by atoms with Gasteiger partial charge in [0.25, 0.3) is 0 Å². The van der Waals surface area contributed by atoms with E-state index in [-0.39, 0.29) is 34.7 Å². The van der Waals surface area contributed by atoms with Crippen molar-refractivity contribution in [3.05, 3.63) is 0 Å². The van der Waals surface area contributed by atoms with E-state index < -0.39 is 0 Å². The highest BCUT2D eigenvalue weighted by molar-refractivity contribution is 6.92. The second kappa shape index (κ2) is 15.7. The molecule has 0 heterocycles. The molecule has 1 unspecified atom stereocenters. The number of halogens is 2. The summed E-state index contributed by atoms with van der Waals surface area (Å²) in [4.78, 5) is 0. The summed E-state index contributed by atoms with van der Waals surface area (Å²) in [5.74, 6) is 0.833. The molecule has 0 aliphatic rings. The van der Waals surface area contributed by atoms with Crippen molar-refractivity contribution in [2.45, 2.75) is 20.8 Å². The van der Waals surface area contributed by atoms with E-state index in [0.29, 0.717) is 0 Å². The van der Waals surface area contributed by atoms with E-state index in [0.717, 1.165) is 5.92 Å². The van der Waals surface area contributed by atoms with Gasteiger partial charge in [-0.3, -0.25) is 0 Å². The summed E-state index contributed by atoms with van der Waals surface area (Å²) in [5, 5.41) is 0. The minimum atomic E-state index is 0. The van der Waals surface area contributed by atoms with Gasteiger partial charge in [0.15, 0.2) is 0 Å².